The van der Waals surface area contributed by atoms with Crippen molar-refractivity contribution in [1.82, 2.24) is 0 Å². The van der Waals surface area contributed by atoms with Crippen molar-refractivity contribution in [3.63, 3.8) is 0 Å². The van der Waals surface area contributed by atoms with Crippen molar-refractivity contribution in [3.05, 3.63) is 40.4 Å². The molecule has 0 aromatic carbocycles. The lowest BCUT2D eigenvalue weighted by Gasteiger charge is -1.75. The average molecular weight is 188 g/mol. The van der Waals surface area contributed by atoms with Gasteiger partial charge in [-0.2, -0.15) is 0 Å². The number of hydrogen-bond acceptors (Lipinski definition) is 2. The Kier molecular flexibility index (Phi) is 5.01. The zero-order chi connectivity index (χ0) is 7.11. The van der Waals surface area contributed by atoms with Gasteiger partial charge in [0, 0.05) is 4.48 Å². The van der Waals surface area contributed by atoms with Gasteiger partial charge in [0.1, 0.15) is 0 Å². The van der Waals surface area contributed by atoms with Crippen LogP contribution < -0.4 is 0 Å². The van der Waals surface area contributed by atoms with Crippen LogP contribution in [0.2, 0.25) is 0 Å². The second kappa shape index (κ2) is 5.44. The lowest BCUT2D eigenvalue weighted by Crippen LogP contribution is -1.52. The second-order valence-corrected chi connectivity index (χ2v) is 2.27. The first-order valence-electron chi connectivity index (χ1n) is 2.27. The van der Waals surface area contributed by atoms with Crippen molar-refractivity contribution in [2.24, 2.45) is 5.18 Å². The first-order valence-corrected chi connectivity index (χ1v) is 3.06. The third kappa shape index (κ3) is 7.30. The summed E-state index contributed by atoms with van der Waals surface area (Å²) in [6.07, 6.45) is 6.06. The van der Waals surface area contributed by atoms with Gasteiger partial charge in [-0.25, -0.2) is 0 Å². The molecule has 0 aromatic rings. The molecular formula is C6H6BrNO. The van der Waals surface area contributed by atoms with E-state index >= 15 is 0 Å². The van der Waals surface area contributed by atoms with E-state index in [0.717, 1.165) is 10.7 Å². The van der Waals surface area contributed by atoms with E-state index in [4.69, 9.17) is 0 Å². The molecule has 0 fully saturated rings. The molecule has 0 aliphatic rings. The Bertz CT molecular complexity index is 160. The average Bonchev–Trinajstić information content (AvgIpc) is 1.80. The minimum absolute atomic E-state index is 0.762. The highest BCUT2D eigenvalue weighted by Crippen LogP contribution is 2.00. The molecule has 2 nitrogen and oxygen atoms in total. The zero-order valence-corrected chi connectivity index (χ0v) is 6.34. The summed E-state index contributed by atoms with van der Waals surface area (Å²) in [5.41, 5.74) is 0. The van der Waals surface area contributed by atoms with Crippen molar-refractivity contribution in [2.45, 2.75) is 0 Å². The van der Waals surface area contributed by atoms with Gasteiger partial charge in [-0.05, 0) is 17.3 Å². The Labute approximate surface area is 62.1 Å². The van der Waals surface area contributed by atoms with Gasteiger partial charge in [0.2, 0.25) is 0 Å². The van der Waals surface area contributed by atoms with Gasteiger partial charge in [0.15, 0.2) is 0 Å². The van der Waals surface area contributed by atoms with Gasteiger partial charge in [0.05, 0.1) is 6.20 Å². The minimum Gasteiger partial charge on any atom is -0.145 e. The maximum absolute atomic E-state index is 9.44. The van der Waals surface area contributed by atoms with Crippen LogP contribution in [0.25, 0.3) is 0 Å². The monoisotopic (exact) mass is 187 g/mol. The smallest absolute Gasteiger partial charge is 0.0714 e. The Balaban J connectivity index is 3.59. The molecule has 0 aliphatic heterocycles. The second-order valence-electron chi connectivity index (χ2n) is 1.25. The van der Waals surface area contributed by atoms with Crippen LogP contribution in [-0.4, -0.2) is 0 Å². The Morgan fingerprint density at radius 1 is 1.56 bits per heavy atom. The molecule has 0 aromatic heterocycles. The highest BCUT2D eigenvalue weighted by atomic mass is 79.9. The topological polar surface area (TPSA) is 29.4 Å². The first-order chi connectivity index (χ1) is 4.27. The fourth-order valence-electron chi connectivity index (χ4n) is 0.245. The van der Waals surface area contributed by atoms with Gasteiger partial charge in [-0.15, -0.1) is 4.91 Å². The van der Waals surface area contributed by atoms with Crippen LogP contribution in [0.1, 0.15) is 0 Å². The minimum atomic E-state index is 0.762. The molecule has 48 valence electrons. The largest absolute Gasteiger partial charge is 0.145 e. The van der Waals surface area contributed by atoms with Crippen LogP contribution in [-0.2, 0) is 0 Å². The van der Waals surface area contributed by atoms with Gasteiger partial charge < -0.3 is 0 Å². The Hall–Kier alpha value is -0.700. The highest BCUT2D eigenvalue weighted by molar-refractivity contribution is 9.11. The third-order valence-corrected chi connectivity index (χ3v) is 0.799. The van der Waals surface area contributed by atoms with Crippen molar-refractivity contribution in [1.29, 1.82) is 0 Å². The number of nitroso groups, excluding NO2 is 1. The van der Waals surface area contributed by atoms with Crippen molar-refractivity contribution < 1.29 is 0 Å². The van der Waals surface area contributed by atoms with Crippen LogP contribution in [0, 0.1) is 4.91 Å². The Morgan fingerprint density at radius 3 is 2.67 bits per heavy atom. The number of allylic oxidation sites excluding steroid dienone is 4. The summed E-state index contributed by atoms with van der Waals surface area (Å²) < 4.78 is 0.762. The fourth-order valence-corrected chi connectivity index (χ4v) is 0.397. The normalized spacial score (nSPS) is 10.8. The molecule has 0 rings (SSSR count). The van der Waals surface area contributed by atoms with E-state index in [1.807, 2.05) is 0 Å². The van der Waals surface area contributed by atoms with Gasteiger partial charge in [0.25, 0.3) is 0 Å². The zero-order valence-electron chi connectivity index (χ0n) is 4.75. The summed E-state index contributed by atoms with van der Waals surface area (Å²) in [7, 11) is 0. The molecule has 0 amide bonds. The van der Waals surface area contributed by atoms with Gasteiger partial charge in [-0.3, -0.25) is 0 Å². The molecule has 0 saturated carbocycles. The van der Waals surface area contributed by atoms with E-state index in [2.05, 4.69) is 27.7 Å². The summed E-state index contributed by atoms with van der Waals surface area (Å²) in [6, 6.07) is 0. The van der Waals surface area contributed by atoms with Crippen LogP contribution in [0.5, 0.6) is 0 Å². The van der Waals surface area contributed by atoms with Gasteiger partial charge >= 0.3 is 0 Å². The predicted molar refractivity (Wildman–Crippen MR) is 42.1 cm³/mol. The van der Waals surface area contributed by atoms with E-state index in [1.165, 1.54) is 6.08 Å². The summed E-state index contributed by atoms with van der Waals surface area (Å²) >= 11 is 3.10. The number of rotatable bonds is 3. The molecule has 0 aliphatic carbocycles. The van der Waals surface area contributed by atoms with E-state index in [1.54, 1.807) is 12.2 Å². The van der Waals surface area contributed by atoms with Gasteiger partial charge in [-0.1, -0.05) is 28.6 Å². The van der Waals surface area contributed by atoms with Crippen LogP contribution in [0.15, 0.2) is 40.7 Å². The Morgan fingerprint density at radius 2 is 2.22 bits per heavy atom. The quantitative estimate of drug-likeness (QED) is 0.494. The molecule has 0 radical (unpaired) electrons. The molecule has 0 atom stereocenters. The molecule has 0 heterocycles. The van der Waals surface area contributed by atoms with Crippen LogP contribution in [0.3, 0.4) is 0 Å². The summed E-state index contributed by atoms with van der Waals surface area (Å²) in [5, 5.41) is 2.51. The molecule has 0 saturated heterocycles. The summed E-state index contributed by atoms with van der Waals surface area (Å²) in [4.78, 5) is 9.44. The summed E-state index contributed by atoms with van der Waals surface area (Å²) in [5.74, 6) is 0. The van der Waals surface area contributed by atoms with E-state index < -0.39 is 0 Å². The third-order valence-electron chi connectivity index (χ3n) is 0.535. The van der Waals surface area contributed by atoms with Crippen LogP contribution >= 0.6 is 15.9 Å². The fraction of sp³-hybridized carbons (Fsp3) is 0. The molecular weight excluding hydrogens is 182 g/mol. The van der Waals surface area contributed by atoms with E-state index in [-0.39, 0.29) is 0 Å². The van der Waals surface area contributed by atoms with Crippen molar-refractivity contribution >= 4 is 15.9 Å². The highest BCUT2D eigenvalue weighted by Gasteiger charge is 1.70. The van der Waals surface area contributed by atoms with Crippen LogP contribution in [0.4, 0.5) is 0 Å². The molecule has 0 spiro atoms. The molecule has 0 bridgehead atoms. The SMILES string of the molecule is C=C(Br)/C=C\C=C/N=O. The maximum atomic E-state index is 9.44. The first kappa shape index (κ1) is 8.30. The standard InChI is InChI=1S/C6H6BrNO/c1-6(7)4-2-3-5-8-9/h2-5H,1H2/b4-2-,5-3-. The lowest BCUT2D eigenvalue weighted by molar-refractivity contribution is 1.53. The van der Waals surface area contributed by atoms with Crippen molar-refractivity contribution in [3.8, 4) is 0 Å². The van der Waals surface area contributed by atoms with Crippen molar-refractivity contribution in [2.75, 3.05) is 0 Å². The number of hydrogen-bond donors (Lipinski definition) is 0. The summed E-state index contributed by atoms with van der Waals surface area (Å²) in [6.45, 7) is 3.54. The maximum Gasteiger partial charge on any atom is 0.0714 e. The number of halogens is 1. The molecule has 0 unspecified atom stereocenters. The van der Waals surface area contributed by atoms with E-state index in [0.29, 0.717) is 0 Å². The molecule has 3 heteroatoms. The number of nitrogens with zero attached hydrogens (tertiary/aromatic N) is 1. The molecule has 9 heavy (non-hydrogen) atoms. The molecule has 0 N–H and O–H groups in total. The van der Waals surface area contributed by atoms with E-state index in [9.17, 15) is 4.91 Å². The lowest BCUT2D eigenvalue weighted by atomic mass is 10.5. The predicted octanol–water partition coefficient (Wildman–Crippen LogP) is 2.73.